The van der Waals surface area contributed by atoms with E-state index >= 15 is 0 Å². The van der Waals surface area contributed by atoms with Crippen LogP contribution in [0.15, 0.2) is 48.6 Å². The summed E-state index contributed by atoms with van der Waals surface area (Å²) in [6.45, 7) is 7.68. The number of likely N-dealkylation sites (tertiary alicyclic amines) is 1. The van der Waals surface area contributed by atoms with Crippen molar-refractivity contribution in [3.8, 4) is 17.8 Å². The maximum Gasteiger partial charge on any atom is 0.323 e. The predicted molar refractivity (Wildman–Crippen MR) is 175 cm³/mol. The maximum absolute atomic E-state index is 11.8. The molecule has 2 fully saturated rings. The summed E-state index contributed by atoms with van der Waals surface area (Å²) in [5.74, 6) is -0.332. The molecule has 1 aliphatic carbocycles. The van der Waals surface area contributed by atoms with Gasteiger partial charge in [-0.15, -0.1) is 11.6 Å². The lowest BCUT2D eigenvalue weighted by atomic mass is 9.73. The topological polar surface area (TPSA) is 116 Å². The fourth-order valence-corrected chi connectivity index (χ4v) is 6.93. The number of ether oxygens (including phenoxy) is 5. The number of nitrogens with zero attached hydrogens (tertiary/aromatic N) is 4. The minimum atomic E-state index is -1.05. The molecule has 3 atom stereocenters. The van der Waals surface area contributed by atoms with Crippen LogP contribution < -0.4 is 14.2 Å². The molecule has 3 heterocycles. The Labute approximate surface area is 276 Å². The summed E-state index contributed by atoms with van der Waals surface area (Å²) in [4.78, 5) is 24.2. The number of hydrogen-bond acceptors (Lipinski definition) is 10. The first-order valence-corrected chi connectivity index (χ1v) is 16.4. The number of carboxylic acids is 1. The smallest absolute Gasteiger partial charge is 0.323 e. The van der Waals surface area contributed by atoms with Gasteiger partial charge in [0.15, 0.2) is 0 Å². The molecule has 0 radical (unpaired) electrons. The minimum Gasteiger partial charge on any atom is -0.481 e. The molecular weight excluding hydrogens is 612 g/mol. The van der Waals surface area contributed by atoms with Crippen LogP contribution in [0.2, 0.25) is 0 Å². The van der Waals surface area contributed by atoms with E-state index in [4.69, 9.17) is 35.3 Å². The van der Waals surface area contributed by atoms with Crippen molar-refractivity contribution in [2.45, 2.75) is 55.7 Å². The number of carboxylic acid groups (broad SMARTS) is 1. The number of methoxy groups -OCH3 is 2. The highest BCUT2D eigenvalue weighted by atomic mass is 35.5. The molecule has 2 aliphatic heterocycles. The highest BCUT2D eigenvalue weighted by Crippen LogP contribution is 2.49. The Kier molecular flexibility index (Phi) is 11.6. The van der Waals surface area contributed by atoms with E-state index in [-0.39, 0.29) is 30.9 Å². The second kappa shape index (κ2) is 15.6. The van der Waals surface area contributed by atoms with Crippen LogP contribution in [0, 0.1) is 0 Å². The highest BCUT2D eigenvalue weighted by molar-refractivity contribution is 6.32. The summed E-state index contributed by atoms with van der Waals surface area (Å²) >= 11 is 7.66. The average molecular weight is 657 g/mol. The van der Waals surface area contributed by atoms with E-state index in [9.17, 15) is 9.90 Å². The zero-order valence-corrected chi connectivity index (χ0v) is 27.7. The fourth-order valence-electron chi connectivity index (χ4n) is 6.59. The lowest BCUT2D eigenvalue weighted by Gasteiger charge is -2.47. The number of aliphatic carboxylic acids is 1. The van der Waals surface area contributed by atoms with E-state index in [0.717, 1.165) is 56.8 Å². The Morgan fingerprint density at radius 1 is 1.11 bits per heavy atom. The molecule has 46 heavy (non-hydrogen) atoms. The number of halogens is 1. The molecule has 1 N–H and O–H groups in total. The summed E-state index contributed by atoms with van der Waals surface area (Å²) in [6.07, 6.45) is 8.76. The van der Waals surface area contributed by atoms with Gasteiger partial charge in [-0.2, -0.15) is 9.97 Å². The quantitative estimate of drug-likeness (QED) is 0.217. The minimum absolute atomic E-state index is 0.0292. The molecule has 12 heteroatoms. The van der Waals surface area contributed by atoms with Crippen molar-refractivity contribution in [3.05, 3.63) is 59.7 Å². The van der Waals surface area contributed by atoms with Gasteiger partial charge in [-0.3, -0.25) is 14.6 Å². The second-order valence-corrected chi connectivity index (χ2v) is 12.4. The van der Waals surface area contributed by atoms with Gasteiger partial charge < -0.3 is 28.8 Å². The Bertz CT molecular complexity index is 1360. The second-order valence-electron chi connectivity index (χ2n) is 11.8. The molecule has 2 saturated heterocycles. The number of benzene rings is 1. The number of allylic oxidation sites excluding steroid dienone is 2. The molecular formula is C34H45ClN4O7. The lowest BCUT2D eigenvalue weighted by Crippen LogP contribution is -2.56. The molecule has 5 rings (SSSR count). The molecule has 1 aromatic heterocycles. The van der Waals surface area contributed by atoms with Crippen LogP contribution in [-0.4, -0.2) is 114 Å². The predicted octanol–water partition coefficient (Wildman–Crippen LogP) is 4.44. The summed E-state index contributed by atoms with van der Waals surface area (Å²) in [7, 11) is 3.02. The molecule has 0 spiro atoms. The third-order valence-corrected chi connectivity index (χ3v) is 9.89. The first-order valence-electron chi connectivity index (χ1n) is 16.0. The van der Waals surface area contributed by atoms with E-state index in [2.05, 4.69) is 33.9 Å². The molecule has 0 bridgehead atoms. The highest BCUT2D eigenvalue weighted by Gasteiger charge is 2.53. The van der Waals surface area contributed by atoms with Crippen molar-refractivity contribution in [3.63, 3.8) is 0 Å². The lowest BCUT2D eigenvalue weighted by molar-refractivity contribution is -0.142. The summed E-state index contributed by atoms with van der Waals surface area (Å²) in [6, 6.07) is 9.54. The van der Waals surface area contributed by atoms with Gasteiger partial charge in [0.25, 0.3) is 0 Å². The van der Waals surface area contributed by atoms with Crippen molar-refractivity contribution in [1.29, 1.82) is 0 Å². The molecule has 11 nitrogen and oxygen atoms in total. The molecule has 0 saturated carbocycles. The Hall–Kier alpha value is -3.22. The van der Waals surface area contributed by atoms with Crippen LogP contribution in [-0.2, 0) is 20.8 Å². The number of carbonyl (C=O) groups is 1. The molecule has 1 aromatic carbocycles. The fraction of sp³-hybridized carbons (Fsp3) is 0.559. The van der Waals surface area contributed by atoms with E-state index in [1.165, 1.54) is 14.2 Å². The normalized spacial score (nSPS) is 25.3. The van der Waals surface area contributed by atoms with Gasteiger partial charge in [0, 0.05) is 32.8 Å². The van der Waals surface area contributed by atoms with Crippen LogP contribution in [0.5, 0.6) is 17.8 Å². The number of aromatic nitrogens is 2. The molecule has 2 aromatic rings. The molecule has 3 aliphatic rings. The molecule has 2 unspecified atom stereocenters. The Balaban J connectivity index is 1.40. The van der Waals surface area contributed by atoms with E-state index in [1.54, 1.807) is 0 Å². The van der Waals surface area contributed by atoms with Gasteiger partial charge in [-0.25, -0.2) is 0 Å². The van der Waals surface area contributed by atoms with Crippen molar-refractivity contribution in [2.75, 3.05) is 66.8 Å². The Morgan fingerprint density at radius 3 is 2.48 bits per heavy atom. The summed E-state index contributed by atoms with van der Waals surface area (Å²) < 4.78 is 29.9. The number of morpholine rings is 1. The van der Waals surface area contributed by atoms with E-state index in [0.29, 0.717) is 31.6 Å². The van der Waals surface area contributed by atoms with Gasteiger partial charge in [-0.1, -0.05) is 49.4 Å². The van der Waals surface area contributed by atoms with Gasteiger partial charge in [0.1, 0.15) is 23.1 Å². The van der Waals surface area contributed by atoms with Gasteiger partial charge in [0.2, 0.25) is 11.8 Å². The van der Waals surface area contributed by atoms with Crippen LogP contribution in [0.1, 0.15) is 43.7 Å². The monoisotopic (exact) mass is 656 g/mol. The van der Waals surface area contributed by atoms with Crippen LogP contribution in [0.4, 0.5) is 0 Å². The Morgan fingerprint density at radius 2 is 1.83 bits per heavy atom. The maximum atomic E-state index is 11.8. The first kappa shape index (κ1) is 34.1. The number of rotatable bonds is 15. The number of alkyl halides is 1. The zero-order chi connectivity index (χ0) is 32.6. The summed E-state index contributed by atoms with van der Waals surface area (Å²) in [5, 5.41) is 9.68. The van der Waals surface area contributed by atoms with Crippen LogP contribution in [0.3, 0.4) is 0 Å². The van der Waals surface area contributed by atoms with E-state index < -0.39 is 22.5 Å². The molecule has 250 valence electrons. The number of hydrogen-bond donors (Lipinski definition) is 1. The standard InChI is InChI=1S/C34H45ClN4O7/c1-4-34(35)27(25-11-6-5-7-12-25)13-8-15-33(34,46-20-10-16-38-18-21-44-22-19-38)24-45-32-36-29(42-2)26(30(37-32)43-3)23-39-17-9-14-28(39)31(40)41/h5-8,11-13,15,28H,4,9-10,14,16-24H2,1-3H3,(H,40,41)/t28-,33?,34?/m0/s1. The van der Waals surface area contributed by atoms with Crippen molar-refractivity contribution in [1.82, 2.24) is 19.8 Å². The zero-order valence-electron chi connectivity index (χ0n) is 27.0. The van der Waals surface area contributed by atoms with Crippen LogP contribution in [0.25, 0.3) is 5.57 Å². The third-order valence-electron chi connectivity index (χ3n) is 9.10. The van der Waals surface area contributed by atoms with Gasteiger partial charge in [-0.05, 0) is 49.4 Å². The van der Waals surface area contributed by atoms with Gasteiger partial charge in [0.05, 0.1) is 33.0 Å². The average Bonchev–Trinajstić information content (AvgIpc) is 3.56. The first-order chi connectivity index (χ1) is 22.3. The summed E-state index contributed by atoms with van der Waals surface area (Å²) in [5.41, 5.74) is 1.46. The SMILES string of the molecule is CCC1(Cl)C(c2ccccc2)=CC=CC1(COc1nc(OC)c(CN2CCC[C@H]2C(=O)O)c(OC)n1)OCCCN1CCOCC1. The van der Waals surface area contributed by atoms with Crippen molar-refractivity contribution >= 4 is 23.1 Å². The van der Waals surface area contributed by atoms with Crippen molar-refractivity contribution in [2.24, 2.45) is 0 Å². The third kappa shape index (κ3) is 7.34. The van der Waals surface area contributed by atoms with Gasteiger partial charge >= 0.3 is 12.0 Å². The largest absolute Gasteiger partial charge is 0.481 e. The molecule has 0 amide bonds. The van der Waals surface area contributed by atoms with Crippen LogP contribution >= 0.6 is 11.6 Å². The van der Waals surface area contributed by atoms with E-state index in [1.807, 2.05) is 41.3 Å². The van der Waals surface area contributed by atoms with Crippen molar-refractivity contribution < 1.29 is 33.6 Å².